The van der Waals surface area contributed by atoms with Crippen molar-refractivity contribution in [3.63, 3.8) is 0 Å². The van der Waals surface area contributed by atoms with Gasteiger partial charge in [0.25, 0.3) is 0 Å². The number of phenols is 1. The lowest BCUT2D eigenvalue weighted by Crippen LogP contribution is -2.57. The van der Waals surface area contributed by atoms with Crippen LogP contribution < -0.4 is 38.1 Å². The molecule has 0 fully saturated rings. The van der Waals surface area contributed by atoms with Crippen molar-refractivity contribution in [2.24, 2.45) is 11.5 Å². The van der Waals surface area contributed by atoms with Gasteiger partial charge in [-0.2, -0.15) is 0 Å². The van der Waals surface area contributed by atoms with E-state index in [1.807, 2.05) is 30.3 Å². The van der Waals surface area contributed by atoms with Crippen LogP contribution in [0.1, 0.15) is 63.5 Å². The number of carbonyl (C=O) groups is 6. The van der Waals surface area contributed by atoms with Crippen LogP contribution >= 0.6 is 0 Å². The number of methoxy groups -OCH3 is 1. The molecule has 0 saturated heterocycles. The van der Waals surface area contributed by atoms with Gasteiger partial charge in [0.2, 0.25) is 23.6 Å². The van der Waals surface area contributed by atoms with Crippen LogP contribution in [0.25, 0.3) is 0 Å². The third-order valence-corrected chi connectivity index (χ3v) is 8.02. The van der Waals surface area contributed by atoms with Gasteiger partial charge in [-0.1, -0.05) is 48.9 Å². The van der Waals surface area contributed by atoms with E-state index in [0.29, 0.717) is 44.2 Å². The first-order chi connectivity index (χ1) is 24.8. The van der Waals surface area contributed by atoms with Crippen molar-refractivity contribution in [2.75, 3.05) is 20.2 Å². The van der Waals surface area contributed by atoms with Crippen molar-refractivity contribution < 1.29 is 43.3 Å². The molecule has 286 valence electrons. The first kappa shape index (κ1) is 42.9. The molecule has 0 spiro atoms. The summed E-state index contributed by atoms with van der Waals surface area (Å²) >= 11 is 0. The summed E-state index contributed by atoms with van der Waals surface area (Å²) in [6.07, 6.45) is 2.11. The number of nitrogens with two attached hydrogens (primary N) is 2. The van der Waals surface area contributed by atoms with E-state index in [2.05, 4.69) is 26.6 Å². The Balaban J connectivity index is 2.03. The molecule has 52 heavy (non-hydrogen) atoms. The van der Waals surface area contributed by atoms with Crippen LogP contribution in [-0.2, 0) is 46.5 Å². The topological polar surface area (TPSA) is 253 Å². The number of aromatic hydroxyl groups is 1. The maximum absolute atomic E-state index is 13.6. The summed E-state index contributed by atoms with van der Waals surface area (Å²) in [4.78, 5) is 76.8. The van der Waals surface area contributed by atoms with Gasteiger partial charge < -0.3 is 52.6 Å². The molecule has 0 radical (unpaired) electrons. The average molecular weight is 728 g/mol. The van der Waals surface area contributed by atoms with Crippen LogP contribution in [0.3, 0.4) is 0 Å². The Morgan fingerprint density at radius 2 is 1.31 bits per heavy atom. The lowest BCUT2D eigenvalue weighted by atomic mass is 10.0. The molecule has 0 heterocycles. The number of hydrogen-bond donors (Lipinski definition) is 8. The van der Waals surface area contributed by atoms with Gasteiger partial charge in [0.1, 0.15) is 36.5 Å². The third-order valence-electron chi connectivity index (χ3n) is 8.02. The molecule has 0 aliphatic heterocycles. The summed E-state index contributed by atoms with van der Waals surface area (Å²) in [5, 5.41) is 22.6. The minimum Gasteiger partial charge on any atom is -0.508 e. The van der Waals surface area contributed by atoms with Gasteiger partial charge in [-0.05, 0) is 75.8 Å². The van der Waals surface area contributed by atoms with Crippen LogP contribution in [0, 0.1) is 0 Å². The van der Waals surface area contributed by atoms with E-state index in [0.717, 1.165) is 5.56 Å². The molecule has 0 unspecified atom stereocenters. The van der Waals surface area contributed by atoms with E-state index in [9.17, 15) is 33.9 Å². The summed E-state index contributed by atoms with van der Waals surface area (Å²) in [7, 11) is 1.18. The highest BCUT2D eigenvalue weighted by molar-refractivity contribution is 5.95. The molecule has 16 nitrogen and oxygen atoms in total. The van der Waals surface area contributed by atoms with Gasteiger partial charge in [-0.15, -0.1) is 0 Å². The Morgan fingerprint density at radius 1 is 0.712 bits per heavy atom. The normalized spacial score (nSPS) is 13.6. The largest absolute Gasteiger partial charge is 0.508 e. The number of unbranched alkanes of at least 4 members (excludes halogenated alkanes) is 2. The fraction of sp³-hybridized carbons (Fsp3) is 0.500. The maximum atomic E-state index is 13.6. The molecule has 16 heteroatoms. The van der Waals surface area contributed by atoms with Gasteiger partial charge in [-0.25, -0.2) is 9.59 Å². The number of phenolic OH excluding ortho intramolecular Hbond substituents is 1. The molecular weight excluding hydrogens is 674 g/mol. The first-order valence-electron chi connectivity index (χ1n) is 17.3. The average Bonchev–Trinajstić information content (AvgIpc) is 3.13. The van der Waals surface area contributed by atoms with Crippen molar-refractivity contribution in [1.29, 1.82) is 0 Å². The third kappa shape index (κ3) is 16.2. The Labute approximate surface area is 304 Å². The molecule has 0 aliphatic carbocycles. The number of amides is 5. The van der Waals surface area contributed by atoms with Crippen LogP contribution in [0.15, 0.2) is 54.6 Å². The molecule has 2 aromatic carbocycles. The van der Waals surface area contributed by atoms with Crippen LogP contribution in [0.5, 0.6) is 5.75 Å². The number of esters is 1. The van der Waals surface area contributed by atoms with Gasteiger partial charge in [-0.3, -0.25) is 19.2 Å². The highest BCUT2D eigenvalue weighted by Gasteiger charge is 2.30. The fourth-order valence-corrected chi connectivity index (χ4v) is 4.91. The number of hydrogen-bond acceptors (Lipinski definition) is 11. The molecule has 5 atom stereocenters. The minimum atomic E-state index is -1.15. The second kappa shape index (κ2) is 23.3. The molecule has 0 aromatic heterocycles. The molecule has 0 aliphatic rings. The van der Waals surface area contributed by atoms with Crippen LogP contribution in [-0.4, -0.2) is 91.2 Å². The molecule has 2 aromatic rings. The Kier molecular flexibility index (Phi) is 19.2. The predicted molar refractivity (Wildman–Crippen MR) is 192 cm³/mol. The molecule has 5 amide bonds. The van der Waals surface area contributed by atoms with E-state index < -0.39 is 65.9 Å². The summed E-state index contributed by atoms with van der Waals surface area (Å²) in [6, 6.07) is 10.1. The van der Waals surface area contributed by atoms with Gasteiger partial charge in [0.15, 0.2) is 0 Å². The number of nitrogens with one attached hydrogen (secondary N) is 5. The standard InChI is InChI=1S/C36H53N7O9/c1-23(41-33(47)28(38)13-7-9-19-37)31(45)40-24(2)32(46)42-29(14-8-10-20-39-36(50)52-22-26-11-5-4-6-12-26)34(48)43-30(35(49)51-3)21-25-15-17-27(44)18-16-25/h4-6,11-12,15-18,23-24,28-30,44H,7-10,13-14,19-22,37-38H2,1-3H3,(H,39,50)(H,40,45)(H,41,47)(H,42,46)(H,43,48)/t23-,24-,28-,29-,30-/m0/s1. The van der Waals surface area contributed by atoms with Gasteiger partial charge in [0.05, 0.1) is 13.2 Å². The van der Waals surface area contributed by atoms with Gasteiger partial charge in [0, 0.05) is 13.0 Å². The summed E-state index contributed by atoms with van der Waals surface area (Å²) < 4.78 is 10.1. The second-order valence-electron chi connectivity index (χ2n) is 12.4. The minimum absolute atomic E-state index is 0.0315. The maximum Gasteiger partial charge on any atom is 0.407 e. The number of rotatable bonds is 22. The van der Waals surface area contributed by atoms with Gasteiger partial charge >= 0.3 is 12.1 Å². The van der Waals surface area contributed by atoms with E-state index in [1.165, 1.54) is 33.1 Å². The number of ether oxygens (including phenoxy) is 2. The molecule has 0 bridgehead atoms. The van der Waals surface area contributed by atoms with Crippen molar-refractivity contribution in [3.05, 3.63) is 65.7 Å². The quantitative estimate of drug-likeness (QED) is 0.0617. The van der Waals surface area contributed by atoms with Crippen molar-refractivity contribution in [1.82, 2.24) is 26.6 Å². The van der Waals surface area contributed by atoms with Crippen molar-refractivity contribution in [2.45, 2.75) is 95.6 Å². The highest BCUT2D eigenvalue weighted by Crippen LogP contribution is 2.13. The number of carbonyl (C=O) groups excluding carboxylic acids is 6. The number of alkyl carbamates (subject to hydrolysis) is 1. The number of benzene rings is 2. The smallest absolute Gasteiger partial charge is 0.407 e. The van der Waals surface area contributed by atoms with Crippen LogP contribution in [0.4, 0.5) is 4.79 Å². The zero-order valence-electron chi connectivity index (χ0n) is 30.0. The Bertz CT molecular complexity index is 1440. The van der Waals surface area contributed by atoms with Crippen molar-refractivity contribution in [3.8, 4) is 5.75 Å². The predicted octanol–water partition coefficient (Wildman–Crippen LogP) is 0.640. The zero-order valence-corrected chi connectivity index (χ0v) is 30.0. The van der Waals surface area contributed by atoms with E-state index in [-0.39, 0.29) is 31.7 Å². The molecule has 2 rings (SSSR count). The molecule has 10 N–H and O–H groups in total. The lowest BCUT2D eigenvalue weighted by Gasteiger charge is -2.24. The molecule has 0 saturated carbocycles. The Morgan fingerprint density at radius 3 is 1.94 bits per heavy atom. The first-order valence-corrected chi connectivity index (χ1v) is 17.3. The summed E-state index contributed by atoms with van der Waals surface area (Å²) in [5.41, 5.74) is 12.9. The van der Waals surface area contributed by atoms with E-state index in [4.69, 9.17) is 20.9 Å². The zero-order chi connectivity index (χ0) is 38.5. The summed E-state index contributed by atoms with van der Waals surface area (Å²) in [5.74, 6) is -3.22. The highest BCUT2D eigenvalue weighted by atomic mass is 16.5. The molecular formula is C36H53N7O9. The van der Waals surface area contributed by atoms with E-state index in [1.54, 1.807) is 12.1 Å². The second-order valence-corrected chi connectivity index (χ2v) is 12.4. The summed E-state index contributed by atoms with van der Waals surface area (Å²) in [6.45, 7) is 3.68. The van der Waals surface area contributed by atoms with Crippen LogP contribution in [0.2, 0.25) is 0 Å². The SMILES string of the molecule is COC(=O)[C@H](Cc1ccc(O)cc1)NC(=O)[C@H](CCCCNC(=O)OCc1ccccc1)NC(=O)[C@H](C)NC(=O)[C@H](C)NC(=O)[C@@H](N)CCCCN. The Hall–Kier alpha value is -5.22. The lowest BCUT2D eigenvalue weighted by molar-refractivity contribution is -0.145. The van der Waals surface area contributed by atoms with E-state index >= 15 is 0 Å². The fourth-order valence-electron chi connectivity index (χ4n) is 4.91. The van der Waals surface area contributed by atoms with Crippen molar-refractivity contribution >= 4 is 35.7 Å². The monoisotopic (exact) mass is 727 g/mol.